The Morgan fingerprint density at radius 2 is 1.92 bits per heavy atom. The zero-order chi connectivity index (χ0) is 27.0. The molecule has 0 aliphatic carbocycles. The molecule has 8 nitrogen and oxygen atoms in total. The smallest absolute Gasteiger partial charge is 0.405 e. The van der Waals surface area contributed by atoms with Gasteiger partial charge in [-0.25, -0.2) is 4.79 Å². The summed E-state index contributed by atoms with van der Waals surface area (Å²) < 4.78 is 10.8. The highest BCUT2D eigenvalue weighted by Crippen LogP contribution is 2.28. The number of aliphatic hydroxyl groups excluding tert-OH is 1. The van der Waals surface area contributed by atoms with Crippen LogP contribution in [0.5, 0.6) is 5.75 Å². The van der Waals surface area contributed by atoms with Crippen LogP contribution >= 0.6 is 0 Å². The zero-order valence-corrected chi connectivity index (χ0v) is 21.5. The molecule has 1 heterocycles. The number of anilines is 1. The first kappa shape index (κ1) is 28.9. The van der Waals surface area contributed by atoms with Crippen molar-refractivity contribution in [3.05, 3.63) is 58.0 Å². The molecule has 5 N–H and O–H groups in total. The van der Waals surface area contributed by atoms with E-state index in [0.717, 1.165) is 0 Å². The average molecular weight is 499 g/mol. The lowest BCUT2D eigenvalue weighted by Gasteiger charge is -2.26. The topological polar surface area (TPSA) is 131 Å². The largest absolute Gasteiger partial charge is 0.505 e. The Balaban J connectivity index is 2.49. The number of hydrogen-bond acceptors (Lipinski definition) is 6. The van der Waals surface area contributed by atoms with Crippen molar-refractivity contribution in [3.8, 4) is 5.75 Å². The van der Waals surface area contributed by atoms with Crippen molar-refractivity contribution in [1.29, 1.82) is 0 Å². The fraction of sp³-hybridized carbons (Fsp3) is 0.429. The number of amides is 2. The molecule has 5 atom stereocenters. The Kier molecular flexibility index (Phi) is 10.5. The maximum atomic E-state index is 12.5. The van der Waals surface area contributed by atoms with Gasteiger partial charge in [0.1, 0.15) is 11.9 Å². The number of carbonyl (C=O) groups is 2. The second-order valence-corrected chi connectivity index (χ2v) is 9.40. The van der Waals surface area contributed by atoms with Crippen LogP contribution in [0.15, 0.2) is 42.0 Å². The summed E-state index contributed by atoms with van der Waals surface area (Å²) in [6.45, 7) is 13.7. The highest BCUT2D eigenvalue weighted by Gasteiger charge is 2.26. The summed E-state index contributed by atoms with van der Waals surface area (Å²) in [6, 6.07) is 1.59. The van der Waals surface area contributed by atoms with Crippen LogP contribution in [0.4, 0.5) is 10.5 Å². The molecule has 1 aliphatic heterocycles. The van der Waals surface area contributed by atoms with Crippen molar-refractivity contribution in [1.82, 2.24) is 0 Å². The van der Waals surface area contributed by atoms with Gasteiger partial charge in [-0.2, -0.15) is 0 Å². The molecule has 8 heteroatoms. The van der Waals surface area contributed by atoms with Gasteiger partial charge in [-0.3, -0.25) is 4.79 Å². The number of phenolic OH excluding ortho intramolecular Hbond substituents is 1. The Labute approximate surface area is 212 Å². The summed E-state index contributed by atoms with van der Waals surface area (Å²) in [6.07, 6.45) is 6.50. The van der Waals surface area contributed by atoms with Crippen molar-refractivity contribution in [2.24, 2.45) is 17.6 Å². The van der Waals surface area contributed by atoms with Crippen molar-refractivity contribution < 1.29 is 29.3 Å². The molecule has 0 saturated heterocycles. The van der Waals surface area contributed by atoms with Gasteiger partial charge in [-0.05, 0) is 54.2 Å². The minimum absolute atomic E-state index is 0.0344. The number of benzene rings is 1. The molecule has 1 aromatic carbocycles. The second kappa shape index (κ2) is 13.1. The number of allylic oxidation sites excluding steroid dienone is 2. The van der Waals surface area contributed by atoms with Gasteiger partial charge in [0.05, 0.1) is 11.8 Å². The highest BCUT2D eigenvalue weighted by molar-refractivity contribution is 6.00. The Bertz CT molecular complexity index is 1140. The molecule has 0 fully saturated rings. The van der Waals surface area contributed by atoms with Gasteiger partial charge in [0.15, 0.2) is 6.10 Å². The van der Waals surface area contributed by atoms with E-state index in [9.17, 15) is 19.8 Å². The van der Waals surface area contributed by atoms with E-state index in [-0.39, 0.29) is 23.3 Å². The number of aromatic hydroxyl groups is 1. The first-order valence-corrected chi connectivity index (χ1v) is 12.0. The molecule has 1 aromatic rings. The van der Waals surface area contributed by atoms with Crippen LogP contribution in [0.1, 0.15) is 39.2 Å². The third-order valence-corrected chi connectivity index (χ3v) is 6.43. The lowest BCUT2D eigenvalue weighted by atomic mass is 9.89. The minimum atomic E-state index is -0.949. The van der Waals surface area contributed by atoms with Crippen molar-refractivity contribution in [2.45, 2.75) is 58.3 Å². The normalized spacial score (nSPS) is 26.2. The van der Waals surface area contributed by atoms with Crippen LogP contribution in [0.2, 0.25) is 0 Å². The van der Waals surface area contributed by atoms with E-state index in [4.69, 9.17) is 15.2 Å². The van der Waals surface area contributed by atoms with Gasteiger partial charge in [0, 0.05) is 24.7 Å². The number of phenols is 1. The predicted octanol–water partition coefficient (Wildman–Crippen LogP) is 2.66. The van der Waals surface area contributed by atoms with Crippen LogP contribution in [0, 0.1) is 11.8 Å². The van der Waals surface area contributed by atoms with Crippen LogP contribution in [-0.4, -0.2) is 47.6 Å². The molecule has 36 heavy (non-hydrogen) atoms. The number of primary amides is 1. The third-order valence-electron chi connectivity index (χ3n) is 6.43. The third kappa shape index (κ3) is 7.83. The van der Waals surface area contributed by atoms with E-state index in [2.05, 4.69) is 18.5 Å². The molecule has 0 saturated carbocycles. The molecule has 4 unspecified atom stereocenters. The Hall–Kier alpha value is -3.36. The van der Waals surface area contributed by atoms with E-state index in [1.54, 1.807) is 25.1 Å². The van der Waals surface area contributed by atoms with Crippen molar-refractivity contribution >= 4 is 30.8 Å². The van der Waals surface area contributed by atoms with E-state index in [1.807, 2.05) is 19.9 Å². The van der Waals surface area contributed by atoms with Gasteiger partial charge in [-0.15, -0.1) is 0 Å². The summed E-state index contributed by atoms with van der Waals surface area (Å²) >= 11 is 0. The number of hydrogen-bond donors (Lipinski definition) is 4. The molecule has 2 rings (SSSR count). The fourth-order valence-electron chi connectivity index (χ4n) is 4.27. The summed E-state index contributed by atoms with van der Waals surface area (Å²) in [5, 5.41) is 25.6. The number of methoxy groups -OCH3 is 1. The monoisotopic (exact) mass is 498 g/mol. The maximum Gasteiger partial charge on any atom is 0.405 e. The highest BCUT2D eigenvalue weighted by atomic mass is 16.6. The average Bonchev–Trinajstić information content (AvgIpc) is 2.81. The van der Waals surface area contributed by atoms with Gasteiger partial charge in [-0.1, -0.05) is 51.3 Å². The lowest BCUT2D eigenvalue weighted by molar-refractivity contribution is -0.111. The number of carbonyl (C=O) groups excluding carboxylic acids is 2. The van der Waals surface area contributed by atoms with E-state index in [0.29, 0.717) is 40.8 Å². The van der Waals surface area contributed by atoms with Gasteiger partial charge >= 0.3 is 6.09 Å². The van der Waals surface area contributed by atoms with E-state index >= 15 is 0 Å². The first-order valence-electron chi connectivity index (χ1n) is 12.0. The van der Waals surface area contributed by atoms with Gasteiger partial charge in [0.2, 0.25) is 5.91 Å². The molecule has 0 spiro atoms. The molecular formula is C28H38N2O6. The number of nitrogens with one attached hydrogen (secondary N) is 1. The minimum Gasteiger partial charge on any atom is -0.505 e. The van der Waals surface area contributed by atoms with Crippen molar-refractivity contribution in [2.75, 3.05) is 12.4 Å². The standard InChI is InChI=1S/C28H38N2O6/c1-16-11-12-23(31)18(3)14-19(4)27(36-28(29)34)24(35-6)9-7-8-10-25(32)30-22-15-17(2)20(5)21(13-16)26(22)33/h7-10,14-16,18,23-24,27,31,33H,2,5,11-13H2,1,3-4,6H3,(H2,29,34)(H,30,32)/t16?,18?,23?,24-,27?/m0/s1. The SMILES string of the molecule is C=c1cc2c(O)c(c1=C)CC(C)CCC(O)C(C)C=C(C)C(OC(N)=O)[C@@H](OC)C=CC=CC(=O)N2. The van der Waals surface area contributed by atoms with Crippen LogP contribution < -0.4 is 21.5 Å². The second-order valence-electron chi connectivity index (χ2n) is 9.40. The van der Waals surface area contributed by atoms with Crippen LogP contribution in [0.25, 0.3) is 13.2 Å². The lowest BCUT2D eigenvalue weighted by Crippen LogP contribution is -2.35. The fourth-order valence-corrected chi connectivity index (χ4v) is 4.27. The van der Waals surface area contributed by atoms with Crippen LogP contribution in [-0.2, 0) is 20.7 Å². The summed E-state index contributed by atoms with van der Waals surface area (Å²) in [5.74, 6) is -0.598. The van der Waals surface area contributed by atoms with E-state index < -0.39 is 30.3 Å². The first-order chi connectivity index (χ1) is 16.9. The molecule has 196 valence electrons. The number of fused-ring (bicyclic) bond motifs is 2. The molecule has 0 aromatic heterocycles. The maximum absolute atomic E-state index is 12.5. The van der Waals surface area contributed by atoms with Gasteiger partial charge in [0.25, 0.3) is 0 Å². The molecule has 2 bridgehead atoms. The summed E-state index contributed by atoms with van der Waals surface area (Å²) in [5.41, 5.74) is 6.85. The number of aliphatic hydroxyl groups is 1. The molecular weight excluding hydrogens is 460 g/mol. The Morgan fingerprint density at radius 3 is 2.56 bits per heavy atom. The summed E-state index contributed by atoms with van der Waals surface area (Å²) in [4.78, 5) is 24.1. The molecule has 1 aliphatic rings. The summed E-state index contributed by atoms with van der Waals surface area (Å²) in [7, 11) is 1.47. The van der Waals surface area contributed by atoms with Crippen molar-refractivity contribution in [3.63, 3.8) is 0 Å². The number of nitrogens with two attached hydrogens (primary N) is 1. The molecule has 2 amide bonds. The Morgan fingerprint density at radius 1 is 1.22 bits per heavy atom. The molecule has 0 radical (unpaired) electrons. The quantitative estimate of drug-likeness (QED) is 0.366. The predicted molar refractivity (Wildman–Crippen MR) is 142 cm³/mol. The van der Waals surface area contributed by atoms with E-state index in [1.165, 1.54) is 19.3 Å². The van der Waals surface area contributed by atoms with Crippen LogP contribution in [0.3, 0.4) is 0 Å². The van der Waals surface area contributed by atoms with Gasteiger partial charge < -0.3 is 30.7 Å². The number of ether oxygens (including phenoxy) is 2. The number of rotatable bonds is 2. The zero-order valence-electron chi connectivity index (χ0n) is 21.5.